The van der Waals surface area contributed by atoms with E-state index in [0.717, 1.165) is 45.5 Å². The van der Waals surface area contributed by atoms with E-state index in [1.165, 1.54) is 12.0 Å². The Morgan fingerprint density at radius 2 is 1.83 bits per heavy atom. The second-order valence-corrected chi connectivity index (χ2v) is 4.68. The molecule has 0 atom stereocenters. The van der Waals surface area contributed by atoms with Crippen molar-refractivity contribution < 1.29 is 9.31 Å². The Balaban J connectivity index is 1.46. The summed E-state index contributed by atoms with van der Waals surface area (Å²) in [5.41, 5.74) is 1.34. The van der Waals surface area contributed by atoms with Crippen LogP contribution in [0.15, 0.2) is 30.3 Å². The molecule has 0 saturated carbocycles. The maximum Gasteiger partial charge on any atom is 0.456 e. The lowest BCUT2D eigenvalue weighted by Gasteiger charge is -2.19. The molecule has 98 valence electrons. The summed E-state index contributed by atoms with van der Waals surface area (Å²) in [6.07, 6.45) is 4.39. The Hall–Kier alpha value is -0.835. The van der Waals surface area contributed by atoms with E-state index in [0.29, 0.717) is 0 Å². The number of unbranched alkanes of at least 4 members (excludes halogenated alkanes) is 1. The van der Waals surface area contributed by atoms with E-state index in [2.05, 4.69) is 29.6 Å². The van der Waals surface area contributed by atoms with Gasteiger partial charge in [0.15, 0.2) is 0 Å². The Kier molecular flexibility index (Phi) is 6.27. The fourth-order valence-electron chi connectivity index (χ4n) is 2.09. The Bertz CT molecular complexity index is 315. The summed E-state index contributed by atoms with van der Waals surface area (Å²) in [6, 6.07) is 10.5. The SMILES string of the molecule is c1ccc(CNCCCCB2OCCCO2)cc1. The van der Waals surface area contributed by atoms with Crippen LogP contribution in [0.4, 0.5) is 0 Å². The molecule has 4 heteroatoms. The first kappa shape index (κ1) is 13.6. The highest BCUT2D eigenvalue weighted by molar-refractivity contribution is 6.44. The van der Waals surface area contributed by atoms with Crippen LogP contribution in [-0.4, -0.2) is 26.9 Å². The highest BCUT2D eigenvalue weighted by Gasteiger charge is 2.20. The second kappa shape index (κ2) is 8.30. The lowest BCUT2D eigenvalue weighted by Crippen LogP contribution is -2.29. The summed E-state index contributed by atoms with van der Waals surface area (Å²) in [6.45, 7) is 3.73. The van der Waals surface area contributed by atoms with Gasteiger partial charge in [0.1, 0.15) is 0 Å². The van der Waals surface area contributed by atoms with Crippen molar-refractivity contribution in [1.29, 1.82) is 0 Å². The average Bonchev–Trinajstić information content (AvgIpc) is 2.45. The number of benzene rings is 1. The van der Waals surface area contributed by atoms with Gasteiger partial charge in [-0.05, 0) is 31.3 Å². The van der Waals surface area contributed by atoms with Gasteiger partial charge in [0.05, 0.1) is 0 Å². The van der Waals surface area contributed by atoms with Crippen molar-refractivity contribution in [2.75, 3.05) is 19.8 Å². The normalized spacial score (nSPS) is 15.9. The third-order valence-electron chi connectivity index (χ3n) is 3.11. The van der Waals surface area contributed by atoms with Crippen LogP contribution in [0.3, 0.4) is 0 Å². The van der Waals surface area contributed by atoms with Gasteiger partial charge in [-0.15, -0.1) is 0 Å². The molecule has 1 aromatic rings. The molecule has 1 fully saturated rings. The molecule has 3 nitrogen and oxygen atoms in total. The minimum Gasteiger partial charge on any atom is -0.411 e. The van der Waals surface area contributed by atoms with E-state index in [-0.39, 0.29) is 7.12 Å². The van der Waals surface area contributed by atoms with Crippen LogP contribution in [-0.2, 0) is 15.9 Å². The molecule has 1 aromatic carbocycles. The van der Waals surface area contributed by atoms with Gasteiger partial charge in [-0.1, -0.05) is 36.8 Å². The van der Waals surface area contributed by atoms with Crippen LogP contribution in [0.5, 0.6) is 0 Å². The van der Waals surface area contributed by atoms with Gasteiger partial charge in [-0.2, -0.15) is 0 Å². The van der Waals surface area contributed by atoms with Gasteiger partial charge in [0.2, 0.25) is 0 Å². The highest BCUT2D eigenvalue weighted by Crippen LogP contribution is 2.09. The number of hydrogen-bond donors (Lipinski definition) is 1. The smallest absolute Gasteiger partial charge is 0.411 e. The third kappa shape index (κ3) is 5.21. The first-order chi connectivity index (χ1) is 8.95. The zero-order chi connectivity index (χ0) is 12.5. The van der Waals surface area contributed by atoms with Gasteiger partial charge < -0.3 is 14.6 Å². The van der Waals surface area contributed by atoms with Gasteiger partial charge in [-0.3, -0.25) is 0 Å². The predicted molar refractivity (Wildman–Crippen MR) is 74.5 cm³/mol. The molecule has 2 rings (SSSR count). The number of nitrogens with one attached hydrogen (secondary N) is 1. The molecule has 18 heavy (non-hydrogen) atoms. The highest BCUT2D eigenvalue weighted by atomic mass is 16.6. The molecule has 0 amide bonds. The zero-order valence-corrected chi connectivity index (χ0v) is 10.9. The summed E-state index contributed by atoms with van der Waals surface area (Å²) in [4.78, 5) is 0. The monoisotopic (exact) mass is 247 g/mol. The van der Waals surface area contributed by atoms with Crippen LogP contribution in [0, 0.1) is 0 Å². The molecule has 1 heterocycles. The van der Waals surface area contributed by atoms with Crippen molar-refractivity contribution in [1.82, 2.24) is 5.32 Å². The Morgan fingerprint density at radius 1 is 1.06 bits per heavy atom. The van der Waals surface area contributed by atoms with Crippen molar-refractivity contribution in [2.24, 2.45) is 0 Å². The zero-order valence-electron chi connectivity index (χ0n) is 10.9. The van der Waals surface area contributed by atoms with Crippen LogP contribution in [0.2, 0.25) is 6.32 Å². The first-order valence-corrected chi connectivity index (χ1v) is 6.93. The average molecular weight is 247 g/mol. The second-order valence-electron chi connectivity index (χ2n) is 4.68. The molecule has 1 saturated heterocycles. The molecule has 1 aliphatic heterocycles. The minimum atomic E-state index is 0.0490. The van der Waals surface area contributed by atoms with E-state index < -0.39 is 0 Å². The quantitative estimate of drug-likeness (QED) is 0.593. The summed E-state index contributed by atoms with van der Waals surface area (Å²) in [5, 5.41) is 3.46. The van der Waals surface area contributed by atoms with Crippen molar-refractivity contribution in [2.45, 2.75) is 32.1 Å². The lowest BCUT2D eigenvalue weighted by atomic mass is 9.81. The predicted octanol–water partition coefficient (Wildman–Crippen LogP) is 2.48. The maximum atomic E-state index is 5.51. The van der Waals surface area contributed by atoms with Crippen LogP contribution in [0.25, 0.3) is 0 Å². The lowest BCUT2D eigenvalue weighted by molar-refractivity contribution is 0.133. The van der Waals surface area contributed by atoms with Crippen molar-refractivity contribution in [3.05, 3.63) is 35.9 Å². The molecule has 0 unspecified atom stereocenters. The van der Waals surface area contributed by atoms with Crippen molar-refractivity contribution in [3.63, 3.8) is 0 Å². The van der Waals surface area contributed by atoms with E-state index in [9.17, 15) is 0 Å². The first-order valence-electron chi connectivity index (χ1n) is 6.93. The van der Waals surface area contributed by atoms with Gasteiger partial charge in [0, 0.05) is 19.8 Å². The Morgan fingerprint density at radius 3 is 2.61 bits per heavy atom. The third-order valence-corrected chi connectivity index (χ3v) is 3.11. The molecule has 0 spiro atoms. The molecule has 0 radical (unpaired) electrons. The van der Waals surface area contributed by atoms with Gasteiger partial charge in [-0.25, -0.2) is 0 Å². The largest absolute Gasteiger partial charge is 0.456 e. The molecular weight excluding hydrogens is 225 g/mol. The summed E-state index contributed by atoms with van der Waals surface area (Å²) in [5.74, 6) is 0. The van der Waals surface area contributed by atoms with E-state index in [4.69, 9.17) is 9.31 Å². The fraction of sp³-hybridized carbons (Fsp3) is 0.571. The molecule has 0 aliphatic carbocycles. The number of rotatable bonds is 7. The number of hydrogen-bond acceptors (Lipinski definition) is 3. The minimum absolute atomic E-state index is 0.0490. The standard InChI is InChI=1S/C14H22BNO2/c1-2-7-14(8-3-1)13-16-10-5-4-9-15-17-11-6-12-18-15/h1-3,7-8,16H,4-6,9-13H2. The molecular formula is C14H22BNO2. The van der Waals surface area contributed by atoms with Crippen molar-refractivity contribution in [3.8, 4) is 0 Å². The fourth-order valence-corrected chi connectivity index (χ4v) is 2.09. The van der Waals surface area contributed by atoms with Gasteiger partial charge >= 0.3 is 7.12 Å². The van der Waals surface area contributed by atoms with Crippen LogP contribution in [0.1, 0.15) is 24.8 Å². The Labute approximate surface area is 110 Å². The summed E-state index contributed by atoms with van der Waals surface area (Å²) >= 11 is 0. The maximum absolute atomic E-state index is 5.51. The molecule has 1 N–H and O–H groups in total. The summed E-state index contributed by atoms with van der Waals surface area (Å²) in [7, 11) is 0.0490. The van der Waals surface area contributed by atoms with E-state index in [1.54, 1.807) is 0 Å². The van der Waals surface area contributed by atoms with Gasteiger partial charge in [0.25, 0.3) is 0 Å². The molecule has 1 aliphatic rings. The van der Waals surface area contributed by atoms with Crippen LogP contribution < -0.4 is 5.32 Å². The van der Waals surface area contributed by atoms with E-state index in [1.807, 2.05) is 6.07 Å². The topological polar surface area (TPSA) is 30.5 Å². The molecule has 0 aromatic heterocycles. The van der Waals surface area contributed by atoms with E-state index >= 15 is 0 Å². The molecule has 0 bridgehead atoms. The van der Waals surface area contributed by atoms with Crippen molar-refractivity contribution >= 4 is 7.12 Å². The van der Waals surface area contributed by atoms with Crippen LogP contribution >= 0.6 is 0 Å². The summed E-state index contributed by atoms with van der Waals surface area (Å²) < 4.78 is 11.0.